The molecule has 19 heavy (non-hydrogen) atoms. The highest BCUT2D eigenvalue weighted by Crippen LogP contribution is 2.39. The van der Waals surface area contributed by atoms with E-state index in [9.17, 15) is 8.42 Å². The Bertz CT molecular complexity index is 736. The van der Waals surface area contributed by atoms with Crippen molar-refractivity contribution >= 4 is 32.3 Å². The summed E-state index contributed by atoms with van der Waals surface area (Å²) in [6.07, 6.45) is 0.648. The van der Waals surface area contributed by atoms with Gasteiger partial charge in [0.2, 0.25) is 0 Å². The third-order valence-electron chi connectivity index (χ3n) is 3.67. The fourth-order valence-electron chi connectivity index (χ4n) is 2.81. The smallest absolute Gasteiger partial charge is 0.193 e. The summed E-state index contributed by atoms with van der Waals surface area (Å²) in [5.41, 5.74) is 1.72. The molecule has 1 aromatic carbocycles. The summed E-state index contributed by atoms with van der Waals surface area (Å²) in [6, 6.07) is 5.45. The lowest BCUT2D eigenvalue weighted by molar-refractivity contribution is 0.549. The maximum absolute atomic E-state index is 12.2. The molecule has 2 N–H and O–H groups in total. The van der Waals surface area contributed by atoms with E-state index in [1.165, 1.54) is 0 Å². The van der Waals surface area contributed by atoms with Gasteiger partial charge < -0.3 is 10.3 Å². The summed E-state index contributed by atoms with van der Waals surface area (Å²) in [5.74, 6) is 0.406. The van der Waals surface area contributed by atoms with Crippen molar-refractivity contribution in [2.45, 2.75) is 17.4 Å². The van der Waals surface area contributed by atoms with E-state index in [0.717, 1.165) is 23.0 Å². The van der Waals surface area contributed by atoms with Crippen LogP contribution in [-0.4, -0.2) is 32.7 Å². The molecule has 0 aliphatic carbocycles. The number of aromatic nitrogens is 1. The molecule has 0 saturated heterocycles. The first-order chi connectivity index (χ1) is 9.03. The maximum atomic E-state index is 12.2. The first-order valence-electron chi connectivity index (χ1n) is 6.21. The number of likely N-dealkylation sites (N-methyl/N-ethyl adjacent to an activating group) is 1. The van der Waals surface area contributed by atoms with E-state index in [1.807, 2.05) is 19.2 Å². The Balaban J connectivity index is 2.32. The number of benzene rings is 1. The monoisotopic (exact) mass is 298 g/mol. The average Bonchev–Trinajstić information content (AvgIpc) is 2.73. The molecule has 0 fully saturated rings. The Morgan fingerprint density at radius 3 is 3.00 bits per heavy atom. The van der Waals surface area contributed by atoms with Crippen LogP contribution >= 0.6 is 11.6 Å². The highest BCUT2D eigenvalue weighted by molar-refractivity contribution is 7.91. The quantitative estimate of drug-likeness (QED) is 0.894. The average molecular weight is 299 g/mol. The van der Waals surface area contributed by atoms with Crippen LogP contribution in [0, 0.1) is 0 Å². The molecule has 1 aromatic heterocycles. The molecular weight excluding hydrogens is 284 g/mol. The minimum atomic E-state index is -3.19. The molecule has 0 saturated carbocycles. The predicted octanol–water partition coefficient (Wildman–Crippen LogP) is 2.30. The lowest BCUT2D eigenvalue weighted by Crippen LogP contribution is -2.26. The van der Waals surface area contributed by atoms with Gasteiger partial charge in [-0.15, -0.1) is 0 Å². The molecule has 1 aliphatic rings. The number of sulfone groups is 1. The van der Waals surface area contributed by atoms with E-state index in [0.29, 0.717) is 16.5 Å². The highest BCUT2D eigenvalue weighted by atomic mass is 35.5. The van der Waals surface area contributed by atoms with Crippen LogP contribution in [0.1, 0.15) is 17.9 Å². The van der Waals surface area contributed by atoms with E-state index in [2.05, 4.69) is 10.3 Å². The first-order valence-corrected chi connectivity index (χ1v) is 8.24. The van der Waals surface area contributed by atoms with E-state index in [1.54, 1.807) is 6.07 Å². The first kappa shape index (κ1) is 13.0. The fourth-order valence-corrected chi connectivity index (χ4v) is 4.65. The van der Waals surface area contributed by atoms with Crippen LogP contribution in [0.15, 0.2) is 23.2 Å². The van der Waals surface area contributed by atoms with Gasteiger partial charge in [-0.3, -0.25) is 0 Å². The molecule has 0 spiro atoms. The van der Waals surface area contributed by atoms with Crippen molar-refractivity contribution in [3.63, 3.8) is 0 Å². The minimum Gasteiger partial charge on any atom is -0.345 e. The number of hydrogen-bond donors (Lipinski definition) is 2. The number of halogens is 1. The number of hydrogen-bond acceptors (Lipinski definition) is 3. The van der Waals surface area contributed by atoms with Crippen LogP contribution in [0.3, 0.4) is 0 Å². The number of rotatable bonds is 2. The summed E-state index contributed by atoms with van der Waals surface area (Å²) in [4.78, 5) is 3.05. The van der Waals surface area contributed by atoms with Crippen molar-refractivity contribution in [2.24, 2.45) is 0 Å². The number of H-pyrrole nitrogens is 1. The van der Waals surface area contributed by atoms with Gasteiger partial charge in [0.1, 0.15) is 5.03 Å². The second-order valence-electron chi connectivity index (χ2n) is 4.92. The van der Waals surface area contributed by atoms with Gasteiger partial charge >= 0.3 is 0 Å². The molecule has 2 aromatic rings. The third kappa shape index (κ3) is 2.06. The summed E-state index contributed by atoms with van der Waals surface area (Å²) in [7, 11) is -1.31. The Morgan fingerprint density at radius 1 is 1.47 bits per heavy atom. The number of nitrogens with one attached hydrogen (secondary N) is 2. The molecule has 2 heterocycles. The molecule has 4 nitrogen and oxygen atoms in total. The zero-order valence-corrected chi connectivity index (χ0v) is 12.1. The molecule has 1 atom stereocenters. The molecule has 0 radical (unpaired) electrons. The summed E-state index contributed by atoms with van der Waals surface area (Å²) < 4.78 is 24.4. The van der Waals surface area contributed by atoms with Crippen molar-refractivity contribution in [2.75, 3.05) is 19.3 Å². The Morgan fingerprint density at radius 2 is 2.26 bits per heavy atom. The zero-order chi connectivity index (χ0) is 13.6. The molecule has 6 heteroatoms. The SMILES string of the molecule is CNCC1CCS(=O)(=O)c2[nH]c3ccc(Cl)cc3c21. The molecular formula is C13H15ClN2O2S. The third-order valence-corrected chi connectivity index (χ3v) is 5.62. The molecule has 0 amide bonds. The van der Waals surface area contributed by atoms with Crippen LogP contribution < -0.4 is 5.32 Å². The lowest BCUT2D eigenvalue weighted by atomic mass is 9.95. The van der Waals surface area contributed by atoms with E-state index >= 15 is 0 Å². The van der Waals surface area contributed by atoms with Crippen LogP contribution in [0.4, 0.5) is 0 Å². The van der Waals surface area contributed by atoms with Gasteiger partial charge in [0.25, 0.3) is 0 Å². The van der Waals surface area contributed by atoms with Gasteiger partial charge in [0, 0.05) is 34.0 Å². The standard InChI is InChI=1S/C13H15ClN2O2S/c1-15-7-8-4-5-19(17,18)13-12(8)10-6-9(14)2-3-11(10)16-13/h2-3,6,8,15-16H,4-5,7H2,1H3. The van der Waals surface area contributed by atoms with Crippen molar-refractivity contribution in [3.8, 4) is 0 Å². The van der Waals surface area contributed by atoms with Gasteiger partial charge in [0.15, 0.2) is 9.84 Å². The van der Waals surface area contributed by atoms with Gasteiger partial charge in [-0.1, -0.05) is 11.6 Å². The topological polar surface area (TPSA) is 62.0 Å². The molecule has 102 valence electrons. The van der Waals surface area contributed by atoms with Gasteiger partial charge in [-0.05, 0) is 31.7 Å². The van der Waals surface area contributed by atoms with Crippen molar-refractivity contribution in [3.05, 3.63) is 28.8 Å². The predicted molar refractivity (Wildman–Crippen MR) is 76.6 cm³/mol. The van der Waals surface area contributed by atoms with E-state index in [-0.39, 0.29) is 11.7 Å². The van der Waals surface area contributed by atoms with Gasteiger partial charge in [-0.25, -0.2) is 8.42 Å². The largest absolute Gasteiger partial charge is 0.345 e. The van der Waals surface area contributed by atoms with Gasteiger partial charge in [0.05, 0.1) is 5.75 Å². The van der Waals surface area contributed by atoms with E-state index in [4.69, 9.17) is 11.6 Å². The van der Waals surface area contributed by atoms with Crippen LogP contribution in [0.25, 0.3) is 10.9 Å². The van der Waals surface area contributed by atoms with Crippen molar-refractivity contribution in [1.82, 2.24) is 10.3 Å². The summed E-state index contributed by atoms with van der Waals surface area (Å²) >= 11 is 6.03. The van der Waals surface area contributed by atoms with Crippen LogP contribution in [0.5, 0.6) is 0 Å². The van der Waals surface area contributed by atoms with Crippen LogP contribution in [-0.2, 0) is 9.84 Å². The molecule has 1 unspecified atom stereocenters. The second-order valence-corrected chi connectivity index (χ2v) is 7.40. The second kappa shape index (κ2) is 4.51. The number of aromatic amines is 1. The zero-order valence-electron chi connectivity index (χ0n) is 10.5. The van der Waals surface area contributed by atoms with Crippen LogP contribution in [0.2, 0.25) is 5.02 Å². The van der Waals surface area contributed by atoms with Gasteiger partial charge in [-0.2, -0.15) is 0 Å². The Kier molecular flexibility index (Phi) is 3.08. The maximum Gasteiger partial charge on any atom is 0.193 e. The Labute approximate surface area is 117 Å². The lowest BCUT2D eigenvalue weighted by Gasteiger charge is -2.22. The minimum absolute atomic E-state index is 0.201. The highest BCUT2D eigenvalue weighted by Gasteiger charge is 2.33. The molecule has 3 rings (SSSR count). The summed E-state index contributed by atoms with van der Waals surface area (Å²) in [5, 5.41) is 5.05. The molecule has 1 aliphatic heterocycles. The summed E-state index contributed by atoms with van der Waals surface area (Å²) in [6.45, 7) is 0.766. The number of fused-ring (bicyclic) bond motifs is 3. The normalized spacial score (nSPS) is 21.5. The molecule has 0 bridgehead atoms. The fraction of sp³-hybridized carbons (Fsp3) is 0.385. The van der Waals surface area contributed by atoms with Crippen molar-refractivity contribution < 1.29 is 8.42 Å². The Hall–Kier alpha value is -1.04. The van der Waals surface area contributed by atoms with Crippen molar-refractivity contribution in [1.29, 1.82) is 0 Å². The van der Waals surface area contributed by atoms with E-state index < -0.39 is 9.84 Å².